The zero-order chi connectivity index (χ0) is 16.1. The second kappa shape index (κ2) is 5.55. The maximum atomic E-state index is 6.20. The maximum Gasteiger partial charge on any atom is 0.179 e. The van der Waals surface area contributed by atoms with Gasteiger partial charge in [-0.3, -0.25) is 4.40 Å². The summed E-state index contributed by atoms with van der Waals surface area (Å²) in [6, 6.07) is 2.05. The minimum atomic E-state index is 0.372. The van der Waals surface area contributed by atoms with Gasteiger partial charge in [-0.15, -0.1) is 10.2 Å². The third-order valence-electron chi connectivity index (χ3n) is 5.74. The van der Waals surface area contributed by atoms with E-state index in [1.54, 1.807) is 6.20 Å². The Morgan fingerprint density at radius 1 is 1.29 bits per heavy atom. The van der Waals surface area contributed by atoms with Crippen molar-refractivity contribution in [3.05, 3.63) is 24.3 Å². The highest BCUT2D eigenvalue weighted by atomic mass is 16.5. The zero-order valence-corrected chi connectivity index (χ0v) is 14.0. The van der Waals surface area contributed by atoms with Gasteiger partial charge in [-0.05, 0) is 43.6 Å². The summed E-state index contributed by atoms with van der Waals surface area (Å²) in [5.41, 5.74) is 2.77. The van der Waals surface area contributed by atoms with Crippen LogP contribution >= 0.6 is 0 Å². The quantitative estimate of drug-likeness (QED) is 0.781. The summed E-state index contributed by atoms with van der Waals surface area (Å²) in [5.74, 6) is 2.92. The number of H-pyrrole nitrogens is 1. The van der Waals surface area contributed by atoms with Crippen molar-refractivity contribution >= 4 is 16.8 Å². The molecular weight excluding hydrogens is 302 g/mol. The van der Waals surface area contributed by atoms with Crippen molar-refractivity contribution in [3.8, 4) is 0 Å². The second-order valence-electron chi connectivity index (χ2n) is 7.37. The van der Waals surface area contributed by atoms with Crippen LogP contribution in [0.2, 0.25) is 0 Å². The van der Waals surface area contributed by atoms with Crippen molar-refractivity contribution < 1.29 is 4.74 Å². The van der Waals surface area contributed by atoms with Gasteiger partial charge in [-0.25, -0.2) is 4.98 Å². The largest absolute Gasteiger partial charge is 0.378 e. The number of fused-ring (bicyclic) bond motifs is 3. The molecule has 3 aromatic heterocycles. The molecule has 2 aliphatic rings. The molecule has 2 saturated carbocycles. The summed E-state index contributed by atoms with van der Waals surface area (Å²) in [6.07, 6.45) is 10.1. The van der Waals surface area contributed by atoms with Gasteiger partial charge in [-0.2, -0.15) is 0 Å². The van der Waals surface area contributed by atoms with E-state index in [1.807, 2.05) is 6.20 Å². The van der Waals surface area contributed by atoms with E-state index < -0.39 is 0 Å². The summed E-state index contributed by atoms with van der Waals surface area (Å²) in [6.45, 7) is 3.22. The molecule has 0 bridgehead atoms. The minimum Gasteiger partial charge on any atom is -0.378 e. The first-order valence-electron chi connectivity index (χ1n) is 9.12. The standard InChI is InChI=1S/C18H23N5O/c1-2-12-7-13(24-10-11-3-4-11)8-14(12)18-22-21-16-9-20-17-15(23(16)18)5-6-19-17/h5-6,9,11-14,19H,2-4,7-8,10H2,1H3/t12-,13-,14+/m1/s1. The predicted molar refractivity (Wildman–Crippen MR) is 90.9 cm³/mol. The Balaban J connectivity index is 1.49. The molecule has 126 valence electrons. The Bertz CT molecular complexity index is 865. The molecule has 0 aliphatic heterocycles. The number of aromatic amines is 1. The van der Waals surface area contributed by atoms with Gasteiger partial charge in [0.05, 0.1) is 17.8 Å². The topological polar surface area (TPSA) is 68.1 Å². The number of ether oxygens (including phenoxy) is 1. The molecule has 6 heteroatoms. The van der Waals surface area contributed by atoms with Crippen molar-refractivity contribution in [2.45, 2.75) is 51.0 Å². The summed E-state index contributed by atoms with van der Waals surface area (Å²) >= 11 is 0. The van der Waals surface area contributed by atoms with E-state index in [0.29, 0.717) is 17.9 Å². The molecule has 1 N–H and O–H groups in total. The van der Waals surface area contributed by atoms with Gasteiger partial charge in [-0.1, -0.05) is 13.3 Å². The fourth-order valence-corrected chi connectivity index (χ4v) is 4.17. The van der Waals surface area contributed by atoms with Gasteiger partial charge >= 0.3 is 0 Å². The fraction of sp³-hybridized carbons (Fsp3) is 0.611. The summed E-state index contributed by atoms with van der Waals surface area (Å²) in [7, 11) is 0. The minimum absolute atomic E-state index is 0.372. The highest BCUT2D eigenvalue weighted by Gasteiger charge is 2.38. The lowest BCUT2D eigenvalue weighted by atomic mass is 9.93. The molecule has 0 saturated heterocycles. The van der Waals surface area contributed by atoms with Gasteiger partial charge < -0.3 is 9.72 Å². The fourth-order valence-electron chi connectivity index (χ4n) is 4.17. The van der Waals surface area contributed by atoms with Crippen LogP contribution in [0.1, 0.15) is 50.8 Å². The number of aromatic nitrogens is 5. The molecule has 2 fully saturated rings. The molecule has 0 unspecified atom stereocenters. The van der Waals surface area contributed by atoms with Crippen LogP contribution in [0.4, 0.5) is 0 Å². The summed E-state index contributed by atoms with van der Waals surface area (Å²) in [4.78, 5) is 7.60. The molecule has 3 heterocycles. The molecule has 3 aromatic rings. The van der Waals surface area contributed by atoms with Crippen LogP contribution in [0.15, 0.2) is 18.5 Å². The average Bonchev–Trinajstić information content (AvgIpc) is 3.02. The smallest absolute Gasteiger partial charge is 0.179 e. The molecule has 6 nitrogen and oxygen atoms in total. The Labute approximate surface area is 140 Å². The van der Waals surface area contributed by atoms with E-state index in [-0.39, 0.29) is 0 Å². The van der Waals surface area contributed by atoms with E-state index in [0.717, 1.165) is 54.4 Å². The van der Waals surface area contributed by atoms with Crippen LogP contribution in [0.3, 0.4) is 0 Å². The number of nitrogens with one attached hydrogen (secondary N) is 1. The van der Waals surface area contributed by atoms with Crippen molar-refractivity contribution in [1.29, 1.82) is 0 Å². The molecule has 3 atom stereocenters. The molecule has 24 heavy (non-hydrogen) atoms. The molecule has 0 aromatic carbocycles. The van der Waals surface area contributed by atoms with E-state index in [2.05, 4.69) is 37.6 Å². The van der Waals surface area contributed by atoms with Crippen LogP contribution in [0.25, 0.3) is 16.8 Å². The Kier molecular flexibility index (Phi) is 3.33. The predicted octanol–water partition coefficient (Wildman–Crippen LogP) is 3.30. The van der Waals surface area contributed by atoms with Crippen LogP contribution in [0, 0.1) is 11.8 Å². The molecule has 0 amide bonds. The van der Waals surface area contributed by atoms with Gasteiger partial charge in [0.2, 0.25) is 0 Å². The number of hydrogen-bond acceptors (Lipinski definition) is 4. The first-order valence-corrected chi connectivity index (χ1v) is 9.12. The first kappa shape index (κ1) is 14.4. The average molecular weight is 325 g/mol. The zero-order valence-electron chi connectivity index (χ0n) is 14.0. The number of nitrogens with zero attached hydrogens (tertiary/aromatic N) is 4. The number of rotatable bonds is 5. The van der Waals surface area contributed by atoms with Gasteiger partial charge in [0.1, 0.15) is 5.82 Å². The van der Waals surface area contributed by atoms with E-state index in [4.69, 9.17) is 4.74 Å². The maximum absolute atomic E-state index is 6.20. The van der Waals surface area contributed by atoms with Crippen LogP contribution in [-0.4, -0.2) is 37.3 Å². The molecular formula is C18H23N5O. The van der Waals surface area contributed by atoms with Crippen molar-refractivity contribution in [3.63, 3.8) is 0 Å². The summed E-state index contributed by atoms with van der Waals surface area (Å²) in [5, 5.41) is 8.92. The Morgan fingerprint density at radius 3 is 3.04 bits per heavy atom. The van der Waals surface area contributed by atoms with Gasteiger partial charge in [0, 0.05) is 18.7 Å². The van der Waals surface area contributed by atoms with Crippen molar-refractivity contribution in [2.24, 2.45) is 11.8 Å². The Hall–Kier alpha value is -1.95. The molecule has 5 rings (SSSR count). The van der Waals surface area contributed by atoms with Crippen LogP contribution in [0.5, 0.6) is 0 Å². The monoisotopic (exact) mass is 325 g/mol. The van der Waals surface area contributed by atoms with Crippen LogP contribution in [-0.2, 0) is 4.74 Å². The van der Waals surface area contributed by atoms with Crippen molar-refractivity contribution in [2.75, 3.05) is 6.61 Å². The Morgan fingerprint density at radius 2 is 2.21 bits per heavy atom. The first-order chi connectivity index (χ1) is 11.8. The van der Waals surface area contributed by atoms with E-state index in [9.17, 15) is 0 Å². The molecule has 2 aliphatic carbocycles. The van der Waals surface area contributed by atoms with E-state index in [1.165, 1.54) is 12.8 Å². The van der Waals surface area contributed by atoms with E-state index >= 15 is 0 Å². The highest BCUT2D eigenvalue weighted by Crippen LogP contribution is 2.43. The number of hydrogen-bond donors (Lipinski definition) is 1. The van der Waals surface area contributed by atoms with Gasteiger partial charge in [0.15, 0.2) is 11.3 Å². The lowest BCUT2D eigenvalue weighted by Crippen LogP contribution is -2.11. The molecule has 0 radical (unpaired) electrons. The summed E-state index contributed by atoms with van der Waals surface area (Å²) < 4.78 is 8.37. The second-order valence-corrected chi connectivity index (χ2v) is 7.37. The third-order valence-corrected chi connectivity index (χ3v) is 5.74. The highest BCUT2D eigenvalue weighted by molar-refractivity contribution is 5.74. The normalized spacial score (nSPS) is 27.5. The third kappa shape index (κ3) is 2.32. The lowest BCUT2D eigenvalue weighted by Gasteiger charge is -2.15. The lowest BCUT2D eigenvalue weighted by molar-refractivity contribution is 0.0475. The van der Waals surface area contributed by atoms with Gasteiger partial charge in [0.25, 0.3) is 0 Å². The SMILES string of the molecule is CC[C@@H]1C[C@@H](OCC2CC2)C[C@@H]1c1nnc2cnc3[nH]ccc3n12. The van der Waals surface area contributed by atoms with Crippen molar-refractivity contribution in [1.82, 2.24) is 24.6 Å². The molecule has 0 spiro atoms. The van der Waals surface area contributed by atoms with Crippen LogP contribution < -0.4 is 0 Å².